The standard InChI is InChI=1S/C37H21F9O/c1-18-4-8-24(27(39)10-18)21-7-9-25(28(40)14-21)23-16-31(43)35(32(44)17-23)37(46)36(45)34-29(41)12-20(13-30(34)42)5-6-22-15-26(38)19(2)11-33(22)47-3/h4,7-17H,1-3H3/b37-36+. The minimum absolute atomic E-state index is 0.0444. The van der Waals surface area contributed by atoms with Gasteiger partial charge in [0.25, 0.3) is 0 Å². The Hall–Kier alpha value is -5.43. The Kier molecular flexibility index (Phi) is 9.20. The van der Waals surface area contributed by atoms with Crippen LogP contribution in [-0.2, 0) is 0 Å². The van der Waals surface area contributed by atoms with E-state index < -0.39 is 69.1 Å². The Labute approximate surface area is 263 Å². The maximum absolute atomic E-state index is 15.1. The van der Waals surface area contributed by atoms with E-state index in [1.807, 2.05) is 0 Å². The van der Waals surface area contributed by atoms with Gasteiger partial charge in [-0.25, -0.2) is 39.5 Å². The Bertz CT molecular complexity index is 2110. The van der Waals surface area contributed by atoms with Crippen molar-refractivity contribution in [3.8, 4) is 39.8 Å². The predicted octanol–water partition coefficient (Wildman–Crippen LogP) is 10.8. The summed E-state index contributed by atoms with van der Waals surface area (Å²) in [5.41, 5.74) is -3.06. The number of hydrogen-bond donors (Lipinski definition) is 0. The SMILES string of the molecule is COc1cc(C)c(F)cc1C#Cc1cc(F)c(/C(F)=C(\F)c2c(F)cc(-c3ccc(-c4ccc(C)cc4F)cc3F)cc2F)c(F)c1. The van der Waals surface area contributed by atoms with Crippen LogP contribution in [0.5, 0.6) is 5.75 Å². The summed E-state index contributed by atoms with van der Waals surface area (Å²) in [5.74, 6) is -8.36. The van der Waals surface area contributed by atoms with Gasteiger partial charge < -0.3 is 4.74 Å². The highest BCUT2D eigenvalue weighted by Gasteiger charge is 2.26. The average molecular weight is 653 g/mol. The Balaban J connectivity index is 1.48. The van der Waals surface area contributed by atoms with E-state index in [-0.39, 0.29) is 39.1 Å². The van der Waals surface area contributed by atoms with Crippen LogP contribution in [0.1, 0.15) is 33.4 Å². The molecule has 0 unspecified atom stereocenters. The predicted molar refractivity (Wildman–Crippen MR) is 161 cm³/mol. The molecule has 10 heteroatoms. The van der Waals surface area contributed by atoms with Crippen LogP contribution in [0, 0.1) is 66.4 Å². The van der Waals surface area contributed by atoms with Gasteiger partial charge in [0.2, 0.25) is 0 Å². The molecule has 0 radical (unpaired) electrons. The summed E-state index contributed by atoms with van der Waals surface area (Å²) in [5, 5.41) is 0. The van der Waals surface area contributed by atoms with E-state index in [0.29, 0.717) is 29.8 Å². The lowest BCUT2D eigenvalue weighted by molar-refractivity contribution is 0.412. The first kappa shape index (κ1) is 32.9. The first-order valence-electron chi connectivity index (χ1n) is 13.8. The maximum atomic E-state index is 15.1. The first-order chi connectivity index (χ1) is 22.3. The molecule has 5 rings (SSSR count). The molecule has 0 heterocycles. The van der Waals surface area contributed by atoms with Gasteiger partial charge in [-0.2, -0.15) is 0 Å². The van der Waals surface area contributed by atoms with Gasteiger partial charge in [-0.05, 0) is 84.6 Å². The molecule has 0 aliphatic heterocycles. The molecule has 5 aromatic rings. The molecule has 5 aromatic carbocycles. The number of benzene rings is 5. The molecular weight excluding hydrogens is 631 g/mol. The van der Waals surface area contributed by atoms with Gasteiger partial charge in [-0.15, -0.1) is 0 Å². The summed E-state index contributed by atoms with van der Waals surface area (Å²) in [7, 11) is 1.31. The highest BCUT2D eigenvalue weighted by Crippen LogP contribution is 2.37. The Morgan fingerprint density at radius 1 is 0.532 bits per heavy atom. The van der Waals surface area contributed by atoms with Gasteiger partial charge in [0.1, 0.15) is 46.5 Å². The molecule has 0 amide bonds. The lowest BCUT2D eigenvalue weighted by Gasteiger charge is -2.11. The van der Waals surface area contributed by atoms with Crippen molar-refractivity contribution in [1.29, 1.82) is 0 Å². The van der Waals surface area contributed by atoms with Crippen LogP contribution in [0.4, 0.5) is 39.5 Å². The highest BCUT2D eigenvalue weighted by atomic mass is 19.2. The van der Waals surface area contributed by atoms with Crippen molar-refractivity contribution in [2.75, 3.05) is 7.11 Å². The number of aryl methyl sites for hydroxylation is 2. The third-order valence-corrected chi connectivity index (χ3v) is 7.25. The van der Waals surface area contributed by atoms with Gasteiger partial charge in [0.05, 0.1) is 23.8 Å². The number of hydrogen-bond acceptors (Lipinski definition) is 1. The van der Waals surface area contributed by atoms with Crippen molar-refractivity contribution in [2.45, 2.75) is 13.8 Å². The third kappa shape index (κ3) is 6.61. The molecule has 0 N–H and O–H groups in total. The zero-order valence-electron chi connectivity index (χ0n) is 24.7. The molecule has 0 fully saturated rings. The second-order valence-corrected chi connectivity index (χ2v) is 10.5. The van der Waals surface area contributed by atoms with Crippen LogP contribution in [-0.4, -0.2) is 7.11 Å². The molecule has 0 saturated carbocycles. The summed E-state index contributed by atoms with van der Waals surface area (Å²) in [6, 6.07) is 12.2. The van der Waals surface area contributed by atoms with Gasteiger partial charge >= 0.3 is 0 Å². The highest BCUT2D eigenvalue weighted by molar-refractivity contribution is 5.85. The number of halogens is 9. The molecule has 0 aliphatic rings. The molecular formula is C37H21F9O. The second-order valence-electron chi connectivity index (χ2n) is 10.5. The quantitative estimate of drug-likeness (QED) is 0.104. The molecule has 0 saturated heterocycles. The molecule has 0 aliphatic carbocycles. The smallest absolute Gasteiger partial charge is 0.172 e. The normalized spacial score (nSPS) is 11.6. The Morgan fingerprint density at radius 3 is 1.60 bits per heavy atom. The summed E-state index contributed by atoms with van der Waals surface area (Å²) in [6.07, 6.45) is 0. The van der Waals surface area contributed by atoms with Gasteiger partial charge in [-0.3, -0.25) is 0 Å². The fraction of sp³-hybridized carbons (Fsp3) is 0.0811. The minimum atomic E-state index is -2.26. The Morgan fingerprint density at radius 2 is 1.04 bits per heavy atom. The van der Waals surface area contributed by atoms with Crippen LogP contribution < -0.4 is 4.74 Å². The van der Waals surface area contributed by atoms with Crippen molar-refractivity contribution in [3.63, 3.8) is 0 Å². The zero-order valence-corrected chi connectivity index (χ0v) is 24.7. The minimum Gasteiger partial charge on any atom is -0.495 e. The van der Waals surface area contributed by atoms with Gasteiger partial charge in [-0.1, -0.05) is 36.1 Å². The van der Waals surface area contributed by atoms with Gasteiger partial charge in [0.15, 0.2) is 11.7 Å². The van der Waals surface area contributed by atoms with Crippen LogP contribution in [0.15, 0.2) is 72.8 Å². The largest absolute Gasteiger partial charge is 0.495 e. The number of methoxy groups -OCH3 is 1. The summed E-state index contributed by atoms with van der Waals surface area (Å²) in [4.78, 5) is 0. The third-order valence-electron chi connectivity index (χ3n) is 7.25. The van der Waals surface area contributed by atoms with Gasteiger partial charge in [0, 0.05) is 16.7 Å². The van der Waals surface area contributed by atoms with Crippen LogP contribution >= 0.6 is 0 Å². The van der Waals surface area contributed by atoms with Crippen LogP contribution in [0.2, 0.25) is 0 Å². The molecule has 1 nitrogen and oxygen atoms in total. The van der Waals surface area contributed by atoms with Crippen LogP contribution in [0.25, 0.3) is 33.9 Å². The average Bonchev–Trinajstić information content (AvgIpc) is 3.00. The second kappa shape index (κ2) is 13.1. The number of ether oxygens (including phenoxy) is 1. The zero-order chi connectivity index (χ0) is 34.2. The number of rotatable bonds is 5. The summed E-state index contributed by atoms with van der Waals surface area (Å²) in [6.45, 7) is 3.16. The molecule has 0 aromatic heterocycles. The summed E-state index contributed by atoms with van der Waals surface area (Å²) < 4.78 is 139. The topological polar surface area (TPSA) is 9.23 Å². The fourth-order valence-corrected chi connectivity index (χ4v) is 4.84. The van der Waals surface area contributed by atoms with E-state index in [0.717, 1.165) is 18.2 Å². The van der Waals surface area contributed by atoms with E-state index >= 15 is 22.0 Å². The van der Waals surface area contributed by atoms with Crippen LogP contribution in [0.3, 0.4) is 0 Å². The van der Waals surface area contributed by atoms with Crippen molar-refractivity contribution >= 4 is 11.7 Å². The maximum Gasteiger partial charge on any atom is 0.172 e. The first-order valence-corrected chi connectivity index (χ1v) is 13.8. The van der Waals surface area contributed by atoms with E-state index in [1.54, 1.807) is 13.0 Å². The van der Waals surface area contributed by atoms with E-state index in [2.05, 4.69) is 11.8 Å². The molecule has 0 atom stereocenters. The van der Waals surface area contributed by atoms with Crippen molar-refractivity contribution in [3.05, 3.63) is 147 Å². The summed E-state index contributed by atoms with van der Waals surface area (Å²) >= 11 is 0. The van der Waals surface area contributed by atoms with E-state index in [9.17, 15) is 17.6 Å². The molecule has 238 valence electrons. The van der Waals surface area contributed by atoms with E-state index in [1.165, 1.54) is 38.3 Å². The van der Waals surface area contributed by atoms with Crippen molar-refractivity contribution in [2.24, 2.45) is 0 Å². The van der Waals surface area contributed by atoms with E-state index in [4.69, 9.17) is 4.74 Å². The van der Waals surface area contributed by atoms with Crippen molar-refractivity contribution in [1.82, 2.24) is 0 Å². The monoisotopic (exact) mass is 652 g/mol. The van der Waals surface area contributed by atoms with Crippen molar-refractivity contribution < 1.29 is 44.3 Å². The lowest BCUT2D eigenvalue weighted by atomic mass is 9.97. The molecule has 0 spiro atoms. The molecule has 0 bridgehead atoms. The lowest BCUT2D eigenvalue weighted by Crippen LogP contribution is -2.00. The molecule has 47 heavy (non-hydrogen) atoms. The fourth-order valence-electron chi connectivity index (χ4n) is 4.84.